The van der Waals surface area contributed by atoms with Gasteiger partial charge >= 0.3 is 6.18 Å². The van der Waals surface area contributed by atoms with Crippen LogP contribution in [0, 0.1) is 18.8 Å². The number of rotatable bonds is 3. The Morgan fingerprint density at radius 1 is 1.12 bits per heavy atom. The van der Waals surface area contributed by atoms with Gasteiger partial charge in [-0.1, -0.05) is 23.6 Å². The number of nitrogens with two attached hydrogens (primary N) is 1. The maximum Gasteiger partial charge on any atom is 0.417 e. The Bertz CT molecular complexity index is 1670. The van der Waals surface area contributed by atoms with Crippen LogP contribution < -0.4 is 11.1 Å². The zero-order valence-corrected chi connectivity index (χ0v) is 22.0. The number of benzene rings is 2. The number of nitrogens with one attached hydrogen (secondary N) is 1. The second kappa shape index (κ2) is 10.8. The van der Waals surface area contributed by atoms with Gasteiger partial charge < -0.3 is 16.2 Å². The highest BCUT2D eigenvalue weighted by Gasteiger charge is 2.34. The summed E-state index contributed by atoms with van der Waals surface area (Å²) in [5.41, 5.74) is 7.59. The monoisotopic (exact) mass is 568 g/mol. The van der Waals surface area contributed by atoms with Crippen LogP contribution in [0.3, 0.4) is 0 Å². The molecule has 0 radical (unpaired) electrons. The Labute approximate surface area is 232 Å². The molecule has 206 valence electrons. The standard InChI is InChI=1S/C28H24ClF3N6O2/c1-15-2-5-18(36-27(40)17-3-10-22(29)21(13-17)28(30,31)32)12-16(15)4-11-23-24-25(33)34-14-35-26(24)38(37-23)19-6-8-20(39)9-7-19/h2-3,5,10,12-14,19-20,39H,6-9H2,1H3,(H,36,40)(H2,33,34,35). The molecule has 1 fully saturated rings. The van der Waals surface area contributed by atoms with Crippen LogP contribution in [0.1, 0.15) is 64.5 Å². The largest absolute Gasteiger partial charge is 0.417 e. The first kappa shape index (κ1) is 27.4. The van der Waals surface area contributed by atoms with E-state index in [0.717, 1.165) is 24.5 Å². The molecule has 1 aliphatic carbocycles. The molecule has 0 aliphatic heterocycles. The van der Waals surface area contributed by atoms with Crippen LogP contribution in [0.4, 0.5) is 24.7 Å². The lowest BCUT2D eigenvalue weighted by Gasteiger charge is -2.25. The van der Waals surface area contributed by atoms with Crippen molar-refractivity contribution in [1.29, 1.82) is 0 Å². The molecule has 0 spiro atoms. The Balaban J connectivity index is 1.44. The van der Waals surface area contributed by atoms with E-state index < -0.39 is 22.7 Å². The number of aliphatic hydroxyl groups excluding tert-OH is 1. The zero-order valence-electron chi connectivity index (χ0n) is 21.3. The molecule has 1 aliphatic rings. The fourth-order valence-corrected chi connectivity index (χ4v) is 4.91. The van der Waals surface area contributed by atoms with E-state index in [1.54, 1.807) is 22.9 Å². The van der Waals surface area contributed by atoms with Crippen molar-refractivity contribution >= 4 is 40.0 Å². The predicted octanol–water partition coefficient (Wildman–Crippen LogP) is 5.52. The maximum atomic E-state index is 13.2. The Kier molecular flexibility index (Phi) is 7.40. The highest BCUT2D eigenvalue weighted by Crippen LogP contribution is 2.35. The lowest BCUT2D eigenvalue weighted by molar-refractivity contribution is -0.137. The second-order valence-electron chi connectivity index (χ2n) is 9.64. The third kappa shape index (κ3) is 5.59. The Morgan fingerprint density at radius 3 is 2.60 bits per heavy atom. The summed E-state index contributed by atoms with van der Waals surface area (Å²) in [6.45, 7) is 1.84. The molecular weight excluding hydrogens is 545 g/mol. The topological polar surface area (TPSA) is 119 Å². The van der Waals surface area contributed by atoms with Gasteiger partial charge in [-0.15, -0.1) is 0 Å². The van der Waals surface area contributed by atoms with Crippen LogP contribution in [-0.2, 0) is 6.18 Å². The minimum atomic E-state index is -4.69. The number of fused-ring (bicyclic) bond motifs is 1. The van der Waals surface area contributed by atoms with Gasteiger partial charge in [-0.3, -0.25) is 4.79 Å². The van der Waals surface area contributed by atoms with Gasteiger partial charge in [-0.2, -0.15) is 18.3 Å². The van der Waals surface area contributed by atoms with Crippen LogP contribution >= 0.6 is 11.6 Å². The first-order valence-corrected chi connectivity index (χ1v) is 12.9. The molecule has 4 aromatic rings. The molecular formula is C28H24ClF3N6O2. The molecule has 12 heteroatoms. The van der Waals surface area contributed by atoms with Crippen molar-refractivity contribution in [2.75, 3.05) is 11.1 Å². The summed E-state index contributed by atoms with van der Waals surface area (Å²) in [7, 11) is 0. The molecule has 0 saturated heterocycles. The number of alkyl halides is 3. The van der Waals surface area contributed by atoms with Crippen LogP contribution in [0.15, 0.2) is 42.7 Å². The molecule has 2 heterocycles. The van der Waals surface area contributed by atoms with Gasteiger partial charge in [0.25, 0.3) is 5.91 Å². The molecule has 2 aromatic heterocycles. The number of hydrogen-bond acceptors (Lipinski definition) is 6. The lowest BCUT2D eigenvalue weighted by Crippen LogP contribution is -2.22. The van der Waals surface area contributed by atoms with E-state index in [1.165, 1.54) is 12.4 Å². The summed E-state index contributed by atoms with van der Waals surface area (Å²) < 4.78 is 41.5. The second-order valence-corrected chi connectivity index (χ2v) is 10.0. The van der Waals surface area contributed by atoms with Crippen molar-refractivity contribution in [3.05, 3.63) is 75.7 Å². The van der Waals surface area contributed by atoms with Gasteiger partial charge in [-0.25, -0.2) is 14.6 Å². The van der Waals surface area contributed by atoms with Crippen molar-refractivity contribution in [2.45, 2.75) is 50.9 Å². The first-order valence-electron chi connectivity index (χ1n) is 12.5. The number of aryl methyl sites for hydroxylation is 1. The van der Waals surface area contributed by atoms with Crippen LogP contribution in [0.25, 0.3) is 11.0 Å². The fourth-order valence-electron chi connectivity index (χ4n) is 4.69. The van der Waals surface area contributed by atoms with Crippen LogP contribution in [0.5, 0.6) is 0 Å². The molecule has 1 amide bonds. The van der Waals surface area contributed by atoms with Crippen LogP contribution in [0.2, 0.25) is 5.02 Å². The number of carbonyl (C=O) groups excluding carboxylic acids is 1. The summed E-state index contributed by atoms with van der Waals surface area (Å²) in [5, 5.41) is 17.3. The molecule has 0 atom stereocenters. The number of nitrogens with zero attached hydrogens (tertiary/aromatic N) is 4. The minimum Gasteiger partial charge on any atom is -0.393 e. The van der Waals surface area contributed by atoms with Gasteiger partial charge in [0, 0.05) is 16.8 Å². The molecule has 40 heavy (non-hydrogen) atoms. The lowest BCUT2D eigenvalue weighted by atomic mass is 9.93. The zero-order chi connectivity index (χ0) is 28.6. The Morgan fingerprint density at radius 2 is 1.88 bits per heavy atom. The van der Waals surface area contributed by atoms with Gasteiger partial charge in [0.1, 0.15) is 17.8 Å². The van der Waals surface area contributed by atoms with Gasteiger partial charge in [-0.05, 0) is 74.4 Å². The van der Waals surface area contributed by atoms with Crippen molar-refractivity contribution in [3.8, 4) is 11.8 Å². The number of nitrogen functional groups attached to an aromatic ring is 1. The minimum absolute atomic E-state index is 0.0433. The molecule has 0 bridgehead atoms. The van der Waals surface area contributed by atoms with E-state index >= 15 is 0 Å². The van der Waals surface area contributed by atoms with Gasteiger partial charge in [0.2, 0.25) is 0 Å². The molecule has 0 unspecified atom stereocenters. The van der Waals surface area contributed by atoms with Crippen molar-refractivity contribution in [3.63, 3.8) is 0 Å². The van der Waals surface area contributed by atoms with Crippen molar-refractivity contribution in [1.82, 2.24) is 19.7 Å². The normalized spacial score (nSPS) is 17.4. The quantitative estimate of drug-likeness (QED) is 0.280. The molecule has 5 rings (SSSR count). The van der Waals surface area contributed by atoms with Gasteiger partial charge in [0.15, 0.2) is 5.65 Å². The van der Waals surface area contributed by atoms with Crippen LogP contribution in [-0.4, -0.2) is 36.9 Å². The van der Waals surface area contributed by atoms with E-state index in [9.17, 15) is 23.1 Å². The predicted molar refractivity (Wildman–Crippen MR) is 145 cm³/mol. The number of halogens is 4. The van der Waals surface area contributed by atoms with Crippen molar-refractivity contribution < 1.29 is 23.1 Å². The fraction of sp³-hybridized carbons (Fsp3) is 0.286. The smallest absolute Gasteiger partial charge is 0.393 e. The average Bonchev–Trinajstić information content (AvgIpc) is 3.29. The highest BCUT2D eigenvalue weighted by atomic mass is 35.5. The van der Waals surface area contributed by atoms with E-state index in [4.69, 9.17) is 22.4 Å². The summed E-state index contributed by atoms with van der Waals surface area (Å²) in [6.07, 6.45) is -0.818. The summed E-state index contributed by atoms with van der Waals surface area (Å²) >= 11 is 5.67. The molecule has 8 nitrogen and oxygen atoms in total. The van der Waals surface area contributed by atoms with E-state index in [1.807, 2.05) is 6.92 Å². The number of carbonyl (C=O) groups is 1. The first-order chi connectivity index (χ1) is 19.0. The molecule has 2 aromatic carbocycles. The SMILES string of the molecule is Cc1ccc(NC(=O)c2ccc(Cl)c(C(F)(F)F)c2)cc1C#Cc1nn(C2CCC(O)CC2)c2ncnc(N)c12. The number of aromatic nitrogens is 4. The summed E-state index contributed by atoms with van der Waals surface area (Å²) in [4.78, 5) is 21.2. The maximum absolute atomic E-state index is 13.2. The number of hydrogen-bond donors (Lipinski definition) is 3. The number of aliphatic hydroxyl groups is 1. The number of anilines is 2. The summed E-state index contributed by atoms with van der Waals surface area (Å²) in [6, 6.07) is 8.02. The molecule has 4 N–H and O–H groups in total. The average molecular weight is 569 g/mol. The third-order valence-corrected chi connectivity index (χ3v) is 7.20. The van der Waals surface area contributed by atoms with Gasteiger partial charge in [0.05, 0.1) is 28.1 Å². The number of amides is 1. The Hall–Kier alpha value is -4.14. The van der Waals surface area contributed by atoms with E-state index in [-0.39, 0.29) is 23.5 Å². The van der Waals surface area contributed by atoms with Crippen molar-refractivity contribution in [2.24, 2.45) is 0 Å². The van der Waals surface area contributed by atoms with E-state index in [2.05, 4.69) is 27.1 Å². The highest BCUT2D eigenvalue weighted by molar-refractivity contribution is 6.31. The molecule has 1 saturated carbocycles. The summed E-state index contributed by atoms with van der Waals surface area (Å²) in [5.74, 6) is 5.64. The van der Waals surface area contributed by atoms with E-state index in [0.29, 0.717) is 46.9 Å². The third-order valence-electron chi connectivity index (χ3n) is 6.88.